The summed E-state index contributed by atoms with van der Waals surface area (Å²) in [5.74, 6) is -2.21. The van der Waals surface area contributed by atoms with Crippen molar-refractivity contribution >= 4 is 45.4 Å². The standard InChI is InChI=1S/C19H20BrN5O4/c20-13-6-4-11(5-7-13)15(9-17(27)28)25-16(26)10-23-18(29)12-2-1-3-14(8-12)24-19(21)22/h1-8,15H,9-10H2,(H,23,29)(H,25,26)(H,27,28)(H4,21,22,24). The molecule has 9 nitrogen and oxygen atoms in total. The lowest BCUT2D eigenvalue weighted by molar-refractivity contribution is -0.137. The zero-order chi connectivity index (χ0) is 21.4. The number of amides is 2. The number of benzene rings is 2. The molecule has 2 amide bonds. The molecular weight excluding hydrogens is 442 g/mol. The number of hydrogen-bond acceptors (Lipinski definition) is 4. The Morgan fingerprint density at radius 2 is 1.79 bits per heavy atom. The summed E-state index contributed by atoms with van der Waals surface area (Å²) in [6, 6.07) is 12.5. The van der Waals surface area contributed by atoms with E-state index < -0.39 is 23.8 Å². The molecule has 29 heavy (non-hydrogen) atoms. The van der Waals surface area contributed by atoms with Crippen molar-refractivity contribution in [1.82, 2.24) is 10.6 Å². The summed E-state index contributed by atoms with van der Waals surface area (Å²) in [7, 11) is 0. The number of carbonyl (C=O) groups is 3. The number of carboxylic acid groups (broad SMARTS) is 1. The lowest BCUT2D eigenvalue weighted by atomic mass is 10.0. The zero-order valence-corrected chi connectivity index (χ0v) is 16.8. The summed E-state index contributed by atoms with van der Waals surface area (Å²) in [6.07, 6.45) is -0.290. The van der Waals surface area contributed by atoms with Crippen molar-refractivity contribution in [2.75, 3.05) is 6.54 Å². The molecule has 0 aliphatic carbocycles. The number of aliphatic carboxylic acids is 1. The van der Waals surface area contributed by atoms with Gasteiger partial charge in [0.2, 0.25) is 5.91 Å². The third-order valence-electron chi connectivity index (χ3n) is 3.76. The molecule has 2 rings (SSSR count). The largest absolute Gasteiger partial charge is 0.481 e. The Kier molecular flexibility index (Phi) is 7.72. The quantitative estimate of drug-likeness (QED) is 0.295. The normalized spacial score (nSPS) is 11.2. The minimum atomic E-state index is -1.06. The fourth-order valence-corrected chi connectivity index (χ4v) is 2.76. The summed E-state index contributed by atoms with van der Waals surface area (Å²) in [5.41, 5.74) is 11.9. The van der Waals surface area contributed by atoms with E-state index in [1.54, 1.807) is 42.5 Å². The third kappa shape index (κ3) is 7.26. The Morgan fingerprint density at radius 1 is 1.10 bits per heavy atom. The summed E-state index contributed by atoms with van der Waals surface area (Å²) in [5, 5.41) is 14.2. The van der Waals surface area contributed by atoms with E-state index >= 15 is 0 Å². The molecule has 0 aliphatic heterocycles. The number of carbonyl (C=O) groups excluding carboxylic acids is 2. The van der Waals surface area contributed by atoms with Gasteiger partial charge in [-0.15, -0.1) is 0 Å². The second kappa shape index (κ2) is 10.2. The number of guanidine groups is 1. The molecule has 2 aromatic rings. The molecule has 0 heterocycles. The lowest BCUT2D eigenvalue weighted by Gasteiger charge is -2.18. The molecule has 0 aliphatic rings. The number of rotatable bonds is 8. The van der Waals surface area contributed by atoms with E-state index in [0.29, 0.717) is 11.3 Å². The average Bonchev–Trinajstić information content (AvgIpc) is 2.65. The van der Waals surface area contributed by atoms with E-state index in [9.17, 15) is 14.4 Å². The first-order valence-electron chi connectivity index (χ1n) is 8.49. The Hall–Kier alpha value is -3.40. The Morgan fingerprint density at radius 3 is 2.41 bits per heavy atom. The van der Waals surface area contributed by atoms with Crippen molar-refractivity contribution in [3.05, 3.63) is 64.1 Å². The van der Waals surface area contributed by atoms with Crippen LogP contribution in [0.5, 0.6) is 0 Å². The van der Waals surface area contributed by atoms with Crippen molar-refractivity contribution < 1.29 is 19.5 Å². The maximum absolute atomic E-state index is 12.3. The van der Waals surface area contributed by atoms with Crippen LogP contribution in [0.1, 0.15) is 28.4 Å². The number of halogens is 1. The minimum Gasteiger partial charge on any atom is -0.481 e. The van der Waals surface area contributed by atoms with Gasteiger partial charge in [0.15, 0.2) is 5.96 Å². The van der Waals surface area contributed by atoms with Gasteiger partial charge < -0.3 is 27.2 Å². The van der Waals surface area contributed by atoms with E-state index in [1.807, 2.05) is 0 Å². The van der Waals surface area contributed by atoms with Crippen LogP contribution in [0.15, 0.2) is 58.0 Å². The van der Waals surface area contributed by atoms with Crippen molar-refractivity contribution in [2.45, 2.75) is 12.5 Å². The van der Waals surface area contributed by atoms with Crippen molar-refractivity contribution in [2.24, 2.45) is 16.5 Å². The summed E-state index contributed by atoms with van der Waals surface area (Å²) in [6.45, 7) is -0.321. The molecule has 0 saturated carbocycles. The van der Waals surface area contributed by atoms with E-state index in [0.717, 1.165) is 4.47 Å². The molecule has 0 radical (unpaired) electrons. The van der Waals surface area contributed by atoms with Crippen LogP contribution in [0.25, 0.3) is 0 Å². The molecule has 7 N–H and O–H groups in total. The Balaban J connectivity index is 1.99. The van der Waals surface area contributed by atoms with Gasteiger partial charge in [0, 0.05) is 10.0 Å². The maximum atomic E-state index is 12.3. The molecule has 2 aromatic carbocycles. The number of aliphatic imine (C=N–C) groups is 1. The zero-order valence-electron chi connectivity index (χ0n) is 15.3. The van der Waals surface area contributed by atoms with Gasteiger partial charge in [-0.25, -0.2) is 4.99 Å². The summed E-state index contributed by atoms with van der Waals surface area (Å²) < 4.78 is 0.830. The molecule has 10 heteroatoms. The first-order chi connectivity index (χ1) is 13.7. The van der Waals surface area contributed by atoms with Crippen molar-refractivity contribution in [1.29, 1.82) is 0 Å². The van der Waals surface area contributed by atoms with E-state index in [-0.39, 0.29) is 24.5 Å². The molecule has 0 spiro atoms. The Labute approximate surface area is 175 Å². The summed E-state index contributed by atoms with van der Waals surface area (Å²) >= 11 is 3.30. The minimum absolute atomic E-state index is 0.139. The van der Waals surface area contributed by atoms with E-state index in [2.05, 4.69) is 31.6 Å². The number of nitrogens with two attached hydrogens (primary N) is 2. The van der Waals surface area contributed by atoms with Crippen LogP contribution in [0.3, 0.4) is 0 Å². The highest BCUT2D eigenvalue weighted by atomic mass is 79.9. The van der Waals surface area contributed by atoms with Crippen LogP contribution < -0.4 is 22.1 Å². The van der Waals surface area contributed by atoms with Gasteiger partial charge in [0.1, 0.15) is 0 Å². The molecule has 1 atom stereocenters. The third-order valence-corrected chi connectivity index (χ3v) is 4.29. The van der Waals surface area contributed by atoms with E-state index in [1.165, 1.54) is 6.07 Å². The Bertz CT molecular complexity index is 926. The van der Waals surface area contributed by atoms with Gasteiger partial charge in [-0.3, -0.25) is 14.4 Å². The number of carboxylic acids is 1. The fourth-order valence-electron chi connectivity index (χ4n) is 2.50. The smallest absolute Gasteiger partial charge is 0.305 e. The molecule has 0 bridgehead atoms. The van der Waals surface area contributed by atoms with Gasteiger partial charge >= 0.3 is 5.97 Å². The van der Waals surface area contributed by atoms with Crippen molar-refractivity contribution in [3.63, 3.8) is 0 Å². The fraction of sp³-hybridized carbons (Fsp3) is 0.158. The molecule has 0 saturated heterocycles. The SMILES string of the molecule is NC(N)=Nc1cccc(C(=O)NCC(=O)NC(CC(=O)O)c2ccc(Br)cc2)c1. The number of nitrogens with one attached hydrogen (secondary N) is 2. The van der Waals surface area contributed by atoms with Gasteiger partial charge in [-0.1, -0.05) is 34.1 Å². The van der Waals surface area contributed by atoms with Crippen LogP contribution >= 0.6 is 15.9 Å². The monoisotopic (exact) mass is 461 g/mol. The molecule has 0 aromatic heterocycles. The predicted octanol–water partition coefficient (Wildman–Crippen LogP) is 1.42. The van der Waals surface area contributed by atoms with Crippen molar-refractivity contribution in [3.8, 4) is 0 Å². The highest BCUT2D eigenvalue weighted by Crippen LogP contribution is 2.20. The van der Waals surface area contributed by atoms with Gasteiger partial charge in [-0.2, -0.15) is 0 Å². The summed E-state index contributed by atoms with van der Waals surface area (Å²) in [4.78, 5) is 39.5. The van der Waals surface area contributed by atoms with Crippen LogP contribution in [0.4, 0.5) is 5.69 Å². The van der Waals surface area contributed by atoms with Crippen LogP contribution in [-0.4, -0.2) is 35.4 Å². The predicted molar refractivity (Wildman–Crippen MR) is 112 cm³/mol. The molecular formula is C19H20BrN5O4. The second-order valence-corrected chi connectivity index (χ2v) is 6.95. The second-order valence-electron chi connectivity index (χ2n) is 6.04. The number of hydrogen-bond donors (Lipinski definition) is 5. The number of nitrogens with zero attached hydrogens (tertiary/aromatic N) is 1. The first kappa shape index (κ1) is 21.9. The molecule has 1 unspecified atom stereocenters. The van der Waals surface area contributed by atoms with Crippen LogP contribution in [0.2, 0.25) is 0 Å². The lowest BCUT2D eigenvalue weighted by Crippen LogP contribution is -2.39. The topological polar surface area (TPSA) is 160 Å². The van der Waals surface area contributed by atoms with Crippen LogP contribution in [-0.2, 0) is 9.59 Å². The van der Waals surface area contributed by atoms with Crippen LogP contribution in [0, 0.1) is 0 Å². The van der Waals surface area contributed by atoms with E-state index in [4.69, 9.17) is 16.6 Å². The van der Waals surface area contributed by atoms with Gasteiger partial charge in [0.25, 0.3) is 5.91 Å². The van der Waals surface area contributed by atoms with Gasteiger partial charge in [0.05, 0.1) is 24.7 Å². The highest BCUT2D eigenvalue weighted by molar-refractivity contribution is 9.10. The first-order valence-corrected chi connectivity index (χ1v) is 9.28. The maximum Gasteiger partial charge on any atom is 0.305 e. The van der Waals surface area contributed by atoms with Gasteiger partial charge in [-0.05, 0) is 35.9 Å². The average molecular weight is 462 g/mol. The highest BCUT2D eigenvalue weighted by Gasteiger charge is 2.18. The molecule has 152 valence electrons. The molecule has 0 fully saturated rings.